The molecule has 0 spiro atoms. The molecule has 2 aromatic rings. The minimum atomic E-state index is 0.335. The molecular weight excluding hydrogens is 223 g/mol. The molecule has 5 heteroatoms. The van der Waals surface area contributed by atoms with Crippen LogP contribution in [0.4, 0.5) is 5.82 Å². The number of aromatic nitrogens is 3. The molecule has 94 valence electrons. The molecule has 0 aliphatic carbocycles. The first-order valence-electron chi connectivity index (χ1n) is 6.23. The maximum absolute atomic E-state index is 4.68. The zero-order chi connectivity index (χ0) is 13.4. The van der Waals surface area contributed by atoms with Gasteiger partial charge in [0.2, 0.25) is 0 Å². The molecule has 2 rings (SSSR count). The Bertz CT molecular complexity index is 593. The molecule has 0 amide bonds. The van der Waals surface area contributed by atoms with Crippen LogP contribution in [0.25, 0.3) is 11.0 Å². The van der Waals surface area contributed by atoms with Gasteiger partial charge < -0.3 is 4.90 Å². The van der Waals surface area contributed by atoms with Gasteiger partial charge in [0.25, 0.3) is 0 Å². The van der Waals surface area contributed by atoms with E-state index < -0.39 is 0 Å². The first-order chi connectivity index (χ1) is 8.40. The smallest absolute Gasteiger partial charge is 0.144 e. The second-order valence-corrected chi connectivity index (χ2v) is 5.21. The van der Waals surface area contributed by atoms with Crippen LogP contribution in [0.1, 0.15) is 31.3 Å². The van der Waals surface area contributed by atoms with E-state index in [0.717, 1.165) is 33.8 Å². The van der Waals surface area contributed by atoms with E-state index in [1.807, 2.05) is 25.9 Å². The fourth-order valence-electron chi connectivity index (χ4n) is 2.02. The summed E-state index contributed by atoms with van der Waals surface area (Å²) in [7, 11) is 6.06. The molecule has 0 atom stereocenters. The maximum atomic E-state index is 4.68. The minimum absolute atomic E-state index is 0.335. The minimum Gasteiger partial charge on any atom is -0.363 e. The van der Waals surface area contributed by atoms with Gasteiger partial charge in [0.1, 0.15) is 25.0 Å². The lowest BCUT2D eigenvalue weighted by atomic mass is 9.96. The third-order valence-electron chi connectivity index (χ3n) is 2.97. The van der Waals surface area contributed by atoms with Crippen LogP contribution in [0.15, 0.2) is 6.07 Å². The second kappa shape index (κ2) is 4.56. The van der Waals surface area contributed by atoms with E-state index in [0.29, 0.717) is 5.92 Å². The predicted molar refractivity (Wildman–Crippen MR) is 78.7 cm³/mol. The van der Waals surface area contributed by atoms with Gasteiger partial charge in [0.15, 0.2) is 0 Å². The zero-order valence-electron chi connectivity index (χ0n) is 11.9. The van der Waals surface area contributed by atoms with Crippen molar-refractivity contribution in [2.24, 2.45) is 0 Å². The van der Waals surface area contributed by atoms with Gasteiger partial charge in [-0.2, -0.15) is 0 Å². The van der Waals surface area contributed by atoms with Crippen molar-refractivity contribution >= 4 is 30.2 Å². The number of fused-ring (bicyclic) bond motifs is 1. The van der Waals surface area contributed by atoms with Crippen molar-refractivity contribution in [2.75, 3.05) is 19.0 Å². The van der Waals surface area contributed by atoms with Crippen molar-refractivity contribution in [3.63, 3.8) is 0 Å². The van der Waals surface area contributed by atoms with Crippen molar-refractivity contribution in [1.29, 1.82) is 0 Å². The average Bonchev–Trinajstić information content (AvgIpc) is 2.27. The molecule has 0 aromatic carbocycles. The Hall–Kier alpha value is -1.65. The van der Waals surface area contributed by atoms with Crippen LogP contribution in [0.3, 0.4) is 0 Å². The number of aryl methyl sites for hydroxylation is 1. The number of nitrogens with zero attached hydrogens (tertiary/aromatic N) is 4. The molecule has 2 aromatic heterocycles. The van der Waals surface area contributed by atoms with E-state index >= 15 is 0 Å². The van der Waals surface area contributed by atoms with E-state index in [2.05, 4.69) is 42.7 Å². The molecule has 0 saturated carbocycles. The Morgan fingerprint density at radius 3 is 2.39 bits per heavy atom. The predicted octanol–water partition coefficient (Wildman–Crippen LogP) is 0.781. The molecule has 2 heterocycles. The highest BCUT2D eigenvalue weighted by molar-refractivity contribution is 6.36. The summed E-state index contributed by atoms with van der Waals surface area (Å²) < 4.78 is 0. The quantitative estimate of drug-likeness (QED) is 0.730. The number of rotatable bonds is 2. The summed E-state index contributed by atoms with van der Waals surface area (Å²) >= 11 is 0. The standard InChI is InChI=1S/C13H19BN4/c1-7(2)12-15-8(3)11-10(16-12)6-9(14)13(17-11)18(4)5/h6-7H,14H2,1-5H3. The molecule has 0 saturated heterocycles. The molecule has 0 aliphatic heterocycles. The molecule has 18 heavy (non-hydrogen) atoms. The zero-order valence-corrected chi connectivity index (χ0v) is 11.9. The monoisotopic (exact) mass is 242 g/mol. The largest absolute Gasteiger partial charge is 0.363 e. The number of hydrogen-bond donors (Lipinski definition) is 0. The van der Waals surface area contributed by atoms with E-state index in [1.165, 1.54) is 0 Å². The Morgan fingerprint density at radius 1 is 1.17 bits per heavy atom. The molecule has 0 aliphatic rings. The highest BCUT2D eigenvalue weighted by Crippen LogP contribution is 2.18. The third kappa shape index (κ3) is 2.17. The van der Waals surface area contributed by atoms with Crippen LogP contribution < -0.4 is 10.4 Å². The van der Waals surface area contributed by atoms with Crippen LogP contribution in [0, 0.1) is 6.92 Å². The summed E-state index contributed by atoms with van der Waals surface area (Å²) in [6, 6.07) is 2.10. The van der Waals surface area contributed by atoms with Gasteiger partial charge in [-0.1, -0.05) is 13.8 Å². The Balaban J connectivity index is 2.73. The summed E-state index contributed by atoms with van der Waals surface area (Å²) in [6.45, 7) is 6.21. The summed E-state index contributed by atoms with van der Waals surface area (Å²) in [5.41, 5.74) is 3.93. The molecular formula is C13H19BN4. The highest BCUT2D eigenvalue weighted by Gasteiger charge is 2.12. The van der Waals surface area contributed by atoms with Gasteiger partial charge in [-0.05, 0) is 18.5 Å². The summed E-state index contributed by atoms with van der Waals surface area (Å²) in [5, 5.41) is 0. The first kappa shape index (κ1) is 12.8. The van der Waals surface area contributed by atoms with Crippen LogP contribution in [-0.2, 0) is 0 Å². The normalized spacial score (nSPS) is 11.2. The Morgan fingerprint density at radius 2 is 1.83 bits per heavy atom. The summed E-state index contributed by atoms with van der Waals surface area (Å²) in [6.07, 6.45) is 0. The molecule has 0 radical (unpaired) electrons. The molecule has 0 bridgehead atoms. The molecule has 4 nitrogen and oxygen atoms in total. The van der Waals surface area contributed by atoms with E-state index in [1.54, 1.807) is 0 Å². The lowest BCUT2D eigenvalue weighted by Gasteiger charge is -2.16. The van der Waals surface area contributed by atoms with Gasteiger partial charge in [-0.25, -0.2) is 15.0 Å². The number of pyridine rings is 1. The van der Waals surface area contributed by atoms with Crippen LogP contribution >= 0.6 is 0 Å². The van der Waals surface area contributed by atoms with Crippen LogP contribution in [0.5, 0.6) is 0 Å². The highest BCUT2D eigenvalue weighted by atomic mass is 15.1. The van der Waals surface area contributed by atoms with Crippen molar-refractivity contribution < 1.29 is 0 Å². The van der Waals surface area contributed by atoms with Gasteiger partial charge in [-0.3, -0.25) is 0 Å². The fraction of sp³-hybridized carbons (Fsp3) is 0.462. The van der Waals surface area contributed by atoms with Crippen molar-refractivity contribution in [2.45, 2.75) is 26.7 Å². The van der Waals surface area contributed by atoms with Crippen molar-refractivity contribution in [3.05, 3.63) is 17.6 Å². The number of hydrogen-bond acceptors (Lipinski definition) is 4. The van der Waals surface area contributed by atoms with E-state index in [4.69, 9.17) is 0 Å². The van der Waals surface area contributed by atoms with Crippen molar-refractivity contribution in [1.82, 2.24) is 15.0 Å². The van der Waals surface area contributed by atoms with Gasteiger partial charge >= 0.3 is 0 Å². The Kier molecular flexibility index (Phi) is 3.24. The lowest BCUT2D eigenvalue weighted by Crippen LogP contribution is -2.21. The molecule has 0 N–H and O–H groups in total. The third-order valence-corrected chi connectivity index (χ3v) is 2.97. The number of anilines is 1. The SMILES string of the molecule is Bc1cc2nc(C(C)C)nc(C)c2nc1N(C)C. The van der Waals surface area contributed by atoms with Gasteiger partial charge in [0.05, 0.1) is 11.2 Å². The molecule has 0 unspecified atom stereocenters. The second-order valence-electron chi connectivity index (χ2n) is 5.21. The van der Waals surface area contributed by atoms with Crippen LogP contribution in [-0.4, -0.2) is 36.9 Å². The van der Waals surface area contributed by atoms with Gasteiger partial charge in [-0.15, -0.1) is 0 Å². The maximum Gasteiger partial charge on any atom is 0.144 e. The van der Waals surface area contributed by atoms with E-state index in [-0.39, 0.29) is 0 Å². The molecule has 0 fully saturated rings. The Labute approximate surface area is 109 Å². The van der Waals surface area contributed by atoms with Crippen LogP contribution in [0.2, 0.25) is 0 Å². The summed E-state index contributed by atoms with van der Waals surface area (Å²) in [4.78, 5) is 15.8. The van der Waals surface area contributed by atoms with Gasteiger partial charge in [0, 0.05) is 20.0 Å². The van der Waals surface area contributed by atoms with Crippen molar-refractivity contribution in [3.8, 4) is 0 Å². The van der Waals surface area contributed by atoms with E-state index in [9.17, 15) is 0 Å². The summed E-state index contributed by atoms with van der Waals surface area (Å²) in [5.74, 6) is 2.20. The average molecular weight is 242 g/mol. The lowest BCUT2D eigenvalue weighted by molar-refractivity contribution is 0.775. The fourth-order valence-corrected chi connectivity index (χ4v) is 2.02. The topological polar surface area (TPSA) is 41.9 Å². The first-order valence-corrected chi connectivity index (χ1v) is 6.23.